The third-order valence-electron chi connectivity index (χ3n) is 2.47. The Hall–Kier alpha value is -2.48. The Bertz CT molecular complexity index is 555. The molecule has 5 nitrogen and oxygen atoms in total. The van der Waals surface area contributed by atoms with E-state index in [1.807, 2.05) is 0 Å². The van der Waals surface area contributed by atoms with Gasteiger partial charge in [0.05, 0.1) is 25.3 Å². The van der Waals surface area contributed by atoms with Gasteiger partial charge >= 0.3 is 5.97 Å². The molecule has 1 amide bonds. The number of hydrogen-bond acceptors (Lipinski definition) is 4. The largest absolute Gasteiger partial charge is 0.495 e. The average molecular weight is 275 g/mol. The van der Waals surface area contributed by atoms with Crippen molar-refractivity contribution in [3.05, 3.63) is 29.3 Å². The molecule has 0 unspecified atom stereocenters. The van der Waals surface area contributed by atoms with Crippen molar-refractivity contribution in [1.82, 2.24) is 5.32 Å². The lowest BCUT2D eigenvalue weighted by Crippen LogP contribution is -2.20. The predicted molar refractivity (Wildman–Crippen MR) is 74.5 cm³/mol. The lowest BCUT2D eigenvalue weighted by atomic mass is 10.1. The molecule has 1 rings (SSSR count). The van der Waals surface area contributed by atoms with Crippen molar-refractivity contribution < 1.29 is 19.1 Å². The van der Waals surface area contributed by atoms with Crippen LogP contribution in [0.3, 0.4) is 0 Å². The van der Waals surface area contributed by atoms with E-state index in [1.54, 1.807) is 18.2 Å². The van der Waals surface area contributed by atoms with Gasteiger partial charge < -0.3 is 14.8 Å². The van der Waals surface area contributed by atoms with Crippen LogP contribution in [0, 0.1) is 11.8 Å². The molecule has 1 aromatic carbocycles. The third kappa shape index (κ3) is 4.65. The average Bonchev–Trinajstić information content (AvgIpc) is 2.45. The molecule has 1 N–H and O–H groups in total. The first-order chi connectivity index (χ1) is 9.58. The van der Waals surface area contributed by atoms with Crippen LogP contribution in [-0.4, -0.2) is 32.6 Å². The molecule has 0 radical (unpaired) electrons. The van der Waals surface area contributed by atoms with Crippen LogP contribution >= 0.6 is 0 Å². The Morgan fingerprint density at radius 3 is 2.65 bits per heavy atom. The highest BCUT2D eigenvalue weighted by atomic mass is 16.5. The molecule has 0 saturated heterocycles. The van der Waals surface area contributed by atoms with Gasteiger partial charge in [-0.2, -0.15) is 0 Å². The van der Waals surface area contributed by atoms with Crippen LogP contribution in [0.4, 0.5) is 0 Å². The first kappa shape index (κ1) is 15.6. The minimum Gasteiger partial charge on any atom is -0.495 e. The van der Waals surface area contributed by atoms with Gasteiger partial charge in [0.25, 0.3) is 0 Å². The summed E-state index contributed by atoms with van der Waals surface area (Å²) in [5.74, 6) is 5.89. The normalized spacial score (nSPS) is 9.15. The van der Waals surface area contributed by atoms with Crippen molar-refractivity contribution in [2.75, 3.05) is 20.8 Å². The zero-order valence-electron chi connectivity index (χ0n) is 11.8. The van der Waals surface area contributed by atoms with Crippen LogP contribution in [-0.2, 0) is 9.53 Å². The molecule has 0 spiro atoms. The first-order valence-electron chi connectivity index (χ1n) is 6.08. The molecule has 0 saturated carbocycles. The van der Waals surface area contributed by atoms with E-state index in [4.69, 9.17) is 4.74 Å². The Morgan fingerprint density at radius 2 is 2.05 bits per heavy atom. The predicted octanol–water partition coefficient (Wildman–Crippen LogP) is 1.36. The lowest BCUT2D eigenvalue weighted by molar-refractivity contribution is -0.118. The van der Waals surface area contributed by atoms with Crippen molar-refractivity contribution in [1.29, 1.82) is 0 Å². The van der Waals surface area contributed by atoms with Gasteiger partial charge in [0.15, 0.2) is 0 Å². The van der Waals surface area contributed by atoms with E-state index in [0.29, 0.717) is 29.8 Å². The number of carbonyl (C=O) groups is 2. The molecular formula is C15H17NO4. The molecule has 0 fully saturated rings. The maximum atomic E-state index is 11.4. The van der Waals surface area contributed by atoms with E-state index in [-0.39, 0.29) is 5.91 Å². The van der Waals surface area contributed by atoms with Gasteiger partial charge in [0.2, 0.25) is 5.91 Å². The summed E-state index contributed by atoms with van der Waals surface area (Å²) in [5, 5.41) is 2.66. The molecule has 1 aromatic rings. The van der Waals surface area contributed by atoms with E-state index in [0.717, 1.165) is 0 Å². The molecule has 0 aromatic heterocycles. The number of nitrogens with one attached hydrogen (secondary N) is 1. The number of amides is 1. The van der Waals surface area contributed by atoms with E-state index < -0.39 is 5.97 Å². The smallest absolute Gasteiger partial charge is 0.337 e. The summed E-state index contributed by atoms with van der Waals surface area (Å²) in [7, 11) is 2.84. The number of hydrogen-bond donors (Lipinski definition) is 1. The van der Waals surface area contributed by atoms with Crippen LogP contribution in [0.5, 0.6) is 5.75 Å². The van der Waals surface area contributed by atoms with Crippen LogP contribution in [0.1, 0.15) is 29.3 Å². The zero-order valence-corrected chi connectivity index (χ0v) is 11.8. The highest BCUT2D eigenvalue weighted by Gasteiger charge is 2.08. The molecule has 20 heavy (non-hydrogen) atoms. The molecule has 5 heteroatoms. The maximum Gasteiger partial charge on any atom is 0.337 e. The quantitative estimate of drug-likeness (QED) is 0.512. The maximum absolute atomic E-state index is 11.4. The van der Waals surface area contributed by atoms with Crippen LogP contribution in [0.25, 0.3) is 0 Å². The monoisotopic (exact) mass is 275 g/mol. The molecule has 0 atom stereocenters. The molecular weight excluding hydrogens is 258 g/mol. The van der Waals surface area contributed by atoms with Gasteiger partial charge in [-0.25, -0.2) is 4.79 Å². The number of ether oxygens (including phenoxy) is 2. The van der Waals surface area contributed by atoms with Gasteiger partial charge in [0, 0.05) is 19.9 Å². The Labute approximate surface area is 118 Å². The van der Waals surface area contributed by atoms with Crippen molar-refractivity contribution >= 4 is 11.9 Å². The first-order valence-corrected chi connectivity index (χ1v) is 6.08. The van der Waals surface area contributed by atoms with Gasteiger partial charge in [0.1, 0.15) is 5.75 Å². The highest BCUT2D eigenvalue weighted by Crippen LogP contribution is 2.19. The number of methoxy groups -OCH3 is 2. The van der Waals surface area contributed by atoms with Crippen LogP contribution in [0.2, 0.25) is 0 Å². The lowest BCUT2D eigenvalue weighted by Gasteiger charge is -2.05. The van der Waals surface area contributed by atoms with E-state index in [2.05, 4.69) is 21.9 Å². The fourth-order valence-electron chi connectivity index (χ4n) is 1.50. The number of rotatable bonds is 4. The molecule has 0 aliphatic carbocycles. The molecule has 0 heterocycles. The van der Waals surface area contributed by atoms with Crippen LogP contribution < -0.4 is 10.1 Å². The molecule has 0 bridgehead atoms. The summed E-state index contributed by atoms with van der Waals surface area (Å²) >= 11 is 0. The van der Waals surface area contributed by atoms with E-state index in [1.165, 1.54) is 21.1 Å². The van der Waals surface area contributed by atoms with E-state index in [9.17, 15) is 9.59 Å². The summed E-state index contributed by atoms with van der Waals surface area (Å²) in [6.45, 7) is 1.97. The summed E-state index contributed by atoms with van der Waals surface area (Å²) in [6, 6.07) is 4.92. The topological polar surface area (TPSA) is 64.6 Å². The summed E-state index contributed by atoms with van der Waals surface area (Å²) in [4.78, 5) is 22.1. The Balaban J connectivity index is 2.78. The fourth-order valence-corrected chi connectivity index (χ4v) is 1.50. The van der Waals surface area contributed by atoms with E-state index >= 15 is 0 Å². The second kappa shape index (κ2) is 7.85. The van der Waals surface area contributed by atoms with Gasteiger partial charge in [-0.1, -0.05) is 11.8 Å². The summed E-state index contributed by atoms with van der Waals surface area (Å²) < 4.78 is 9.84. The second-order valence-electron chi connectivity index (χ2n) is 3.94. The molecule has 106 valence electrons. The highest BCUT2D eigenvalue weighted by molar-refractivity contribution is 5.90. The molecule has 0 aliphatic heterocycles. The van der Waals surface area contributed by atoms with Gasteiger partial charge in [-0.15, -0.1) is 0 Å². The van der Waals surface area contributed by atoms with Gasteiger partial charge in [-0.3, -0.25) is 4.79 Å². The third-order valence-corrected chi connectivity index (χ3v) is 2.47. The standard InChI is InChI=1S/C15H17NO4/c1-11(17)16-9-5-4-6-12-7-8-13(15(18)20-3)10-14(12)19-2/h7-8,10H,5,9H2,1-3H3,(H,16,17). The van der Waals surface area contributed by atoms with Crippen LogP contribution in [0.15, 0.2) is 18.2 Å². The fraction of sp³-hybridized carbons (Fsp3) is 0.333. The summed E-state index contributed by atoms with van der Waals surface area (Å²) in [6.07, 6.45) is 0.543. The van der Waals surface area contributed by atoms with Crippen molar-refractivity contribution in [3.63, 3.8) is 0 Å². The second-order valence-corrected chi connectivity index (χ2v) is 3.94. The number of benzene rings is 1. The SMILES string of the molecule is COC(=O)c1ccc(C#CCCNC(C)=O)c(OC)c1. The Morgan fingerprint density at radius 1 is 1.30 bits per heavy atom. The summed E-state index contributed by atoms with van der Waals surface area (Å²) in [5.41, 5.74) is 1.09. The van der Waals surface area contributed by atoms with Gasteiger partial charge in [-0.05, 0) is 18.2 Å². The van der Waals surface area contributed by atoms with Crippen molar-refractivity contribution in [2.24, 2.45) is 0 Å². The van der Waals surface area contributed by atoms with Crippen molar-refractivity contribution in [3.8, 4) is 17.6 Å². The number of esters is 1. The zero-order chi connectivity index (χ0) is 15.0. The molecule has 0 aliphatic rings. The van der Waals surface area contributed by atoms with Crippen molar-refractivity contribution in [2.45, 2.75) is 13.3 Å². The number of carbonyl (C=O) groups excluding carboxylic acids is 2. The minimum atomic E-state index is -0.423. The minimum absolute atomic E-state index is 0.0770. The Kier molecular flexibility index (Phi) is 6.11.